The molecule has 0 saturated carbocycles. The summed E-state index contributed by atoms with van der Waals surface area (Å²) in [6.07, 6.45) is 2.54. The molecule has 0 aliphatic carbocycles. The van der Waals surface area contributed by atoms with E-state index < -0.39 is 30.4 Å². The molecule has 0 aliphatic rings. The van der Waals surface area contributed by atoms with Crippen molar-refractivity contribution in [3.8, 4) is 0 Å². The molecule has 1 unspecified atom stereocenters. The molecular weight excluding hydrogens is 536 g/mol. The molecule has 0 saturated heterocycles. The van der Waals surface area contributed by atoms with Gasteiger partial charge in [-0.1, -0.05) is 53.9 Å². The van der Waals surface area contributed by atoms with Crippen molar-refractivity contribution in [2.45, 2.75) is 110 Å². The lowest BCUT2D eigenvalue weighted by Gasteiger charge is -2.39. The number of amides is 2. The van der Waals surface area contributed by atoms with Crippen LogP contribution in [-0.4, -0.2) is 81.7 Å². The Morgan fingerprint density at radius 3 is 2.38 bits per heavy atom. The highest BCUT2D eigenvalue weighted by atomic mass is 32.1. The number of aliphatic hydroxyl groups is 2. The van der Waals surface area contributed by atoms with E-state index in [1.807, 2.05) is 41.7 Å². The average Bonchev–Trinajstić information content (AvgIpc) is 3.41. The summed E-state index contributed by atoms with van der Waals surface area (Å²) >= 11 is 1.04. The van der Waals surface area contributed by atoms with Gasteiger partial charge in [-0.2, -0.15) is 0 Å². The monoisotopic (exact) mass is 586 g/mol. The Hall–Kier alpha value is -2.12. The van der Waals surface area contributed by atoms with Crippen LogP contribution < -0.4 is 10.6 Å². The first-order chi connectivity index (χ1) is 19.0. The van der Waals surface area contributed by atoms with Crippen molar-refractivity contribution in [1.82, 2.24) is 20.5 Å². The maximum atomic E-state index is 14.1. The highest BCUT2D eigenvalue weighted by Crippen LogP contribution is 2.28. The van der Waals surface area contributed by atoms with E-state index in [4.69, 9.17) is 4.74 Å². The lowest BCUT2D eigenvalue weighted by Crippen LogP contribution is -2.56. The van der Waals surface area contributed by atoms with Crippen LogP contribution in [0.15, 0.2) is 5.38 Å². The van der Waals surface area contributed by atoms with Crippen LogP contribution in [0.2, 0.25) is 0 Å². The van der Waals surface area contributed by atoms with E-state index in [0.29, 0.717) is 25.7 Å². The summed E-state index contributed by atoms with van der Waals surface area (Å²) < 4.78 is 5.66. The number of nitrogens with zero attached hydrogens (tertiary/aromatic N) is 2. The third kappa shape index (κ3) is 12.2. The van der Waals surface area contributed by atoms with Crippen LogP contribution in [0.25, 0.3) is 0 Å². The normalized spacial score (nSPS) is 15.3. The largest absolute Gasteiger partial charge is 0.476 e. The predicted octanol–water partition coefficient (Wildman–Crippen LogP) is 3.52. The van der Waals surface area contributed by atoms with Gasteiger partial charge >= 0.3 is 5.97 Å². The number of carboxylic acid groups (broad SMARTS) is 1. The minimum atomic E-state index is -1.18. The van der Waals surface area contributed by atoms with Crippen LogP contribution >= 0.6 is 11.3 Å². The van der Waals surface area contributed by atoms with Gasteiger partial charge in [0.05, 0.1) is 0 Å². The summed E-state index contributed by atoms with van der Waals surface area (Å²) in [6, 6.07) is -1.35. The number of carbonyl (C=O) groups excluding carboxylic acids is 2. The molecule has 1 rings (SSSR count). The number of ether oxygens (including phenoxy) is 1. The second kappa shape index (κ2) is 19.1. The SMILES string of the molecule is CCCC(O)OCN(C(=O)[C@@H](NC(=O)CCCCCNC)[C@@H](C)CC)[C@H](C[C@@H](O)c1nc(C(=O)O)cs1)C(C)C. The molecule has 0 aromatic carbocycles. The van der Waals surface area contributed by atoms with Gasteiger partial charge < -0.3 is 35.6 Å². The van der Waals surface area contributed by atoms with Gasteiger partial charge in [0.15, 0.2) is 12.0 Å². The van der Waals surface area contributed by atoms with Gasteiger partial charge in [0.1, 0.15) is 23.9 Å². The number of carbonyl (C=O) groups is 3. The first kappa shape index (κ1) is 35.9. The van der Waals surface area contributed by atoms with E-state index in [0.717, 1.165) is 37.1 Å². The Morgan fingerprint density at radius 2 is 1.82 bits per heavy atom. The van der Waals surface area contributed by atoms with Gasteiger partial charge in [-0.15, -0.1) is 11.3 Å². The third-order valence-corrected chi connectivity index (χ3v) is 7.96. The van der Waals surface area contributed by atoms with E-state index in [2.05, 4.69) is 15.6 Å². The van der Waals surface area contributed by atoms with E-state index >= 15 is 0 Å². The second-order valence-corrected chi connectivity index (χ2v) is 11.5. The molecule has 0 spiro atoms. The van der Waals surface area contributed by atoms with Crippen molar-refractivity contribution in [1.29, 1.82) is 0 Å². The maximum Gasteiger partial charge on any atom is 0.355 e. The summed E-state index contributed by atoms with van der Waals surface area (Å²) in [7, 11) is 1.89. The Morgan fingerprint density at radius 1 is 1.12 bits per heavy atom. The number of hydrogen-bond acceptors (Lipinski definition) is 9. The minimum absolute atomic E-state index is 0.0792. The van der Waals surface area contributed by atoms with Crippen LogP contribution in [-0.2, 0) is 14.3 Å². The fourth-order valence-electron chi connectivity index (χ4n) is 4.32. The van der Waals surface area contributed by atoms with Gasteiger partial charge in [-0.3, -0.25) is 9.59 Å². The fourth-order valence-corrected chi connectivity index (χ4v) is 5.11. The molecule has 1 heterocycles. The zero-order chi connectivity index (χ0) is 30.2. The van der Waals surface area contributed by atoms with Crippen LogP contribution in [0.5, 0.6) is 0 Å². The van der Waals surface area contributed by atoms with Gasteiger partial charge in [-0.25, -0.2) is 9.78 Å². The smallest absolute Gasteiger partial charge is 0.355 e. The summed E-state index contributed by atoms with van der Waals surface area (Å²) in [6.45, 7) is 10.3. The van der Waals surface area contributed by atoms with Crippen molar-refractivity contribution >= 4 is 29.1 Å². The number of aromatic carboxylic acids is 1. The topological polar surface area (TPSA) is 161 Å². The Labute approximate surface area is 242 Å². The number of rotatable bonds is 21. The van der Waals surface area contributed by atoms with Crippen LogP contribution in [0, 0.1) is 11.8 Å². The zero-order valence-electron chi connectivity index (χ0n) is 24.9. The molecule has 230 valence electrons. The van der Waals surface area contributed by atoms with Gasteiger partial charge in [-0.05, 0) is 44.7 Å². The summed E-state index contributed by atoms with van der Waals surface area (Å²) in [5.74, 6) is -2.03. The van der Waals surface area contributed by atoms with Gasteiger partial charge in [0.2, 0.25) is 11.8 Å². The molecule has 11 nitrogen and oxygen atoms in total. The number of hydrogen-bond donors (Lipinski definition) is 5. The van der Waals surface area contributed by atoms with E-state index in [-0.39, 0.29) is 47.5 Å². The number of aliphatic hydroxyl groups excluding tert-OH is 2. The van der Waals surface area contributed by atoms with E-state index in [1.165, 1.54) is 10.3 Å². The van der Waals surface area contributed by atoms with E-state index in [1.54, 1.807) is 0 Å². The zero-order valence-corrected chi connectivity index (χ0v) is 25.7. The summed E-state index contributed by atoms with van der Waals surface area (Å²) in [5, 5.41) is 38.1. The number of unbranched alkanes of at least 4 members (excludes halogenated alkanes) is 2. The minimum Gasteiger partial charge on any atom is -0.476 e. The molecule has 0 bridgehead atoms. The summed E-state index contributed by atoms with van der Waals surface area (Å²) in [5.41, 5.74) is -0.149. The van der Waals surface area contributed by atoms with Crippen LogP contribution in [0.3, 0.4) is 0 Å². The van der Waals surface area contributed by atoms with Crippen molar-refractivity contribution < 1.29 is 34.4 Å². The van der Waals surface area contributed by atoms with Crippen molar-refractivity contribution in [2.24, 2.45) is 11.8 Å². The van der Waals surface area contributed by atoms with Crippen LogP contribution in [0.4, 0.5) is 0 Å². The van der Waals surface area contributed by atoms with Gasteiger partial charge in [0.25, 0.3) is 0 Å². The average molecular weight is 587 g/mol. The predicted molar refractivity (Wildman–Crippen MR) is 155 cm³/mol. The molecule has 0 fully saturated rings. The highest BCUT2D eigenvalue weighted by molar-refractivity contribution is 7.09. The molecule has 12 heteroatoms. The molecule has 5 atom stereocenters. The molecule has 0 aliphatic heterocycles. The lowest BCUT2D eigenvalue weighted by atomic mass is 9.93. The Balaban J connectivity index is 3.21. The number of nitrogens with one attached hydrogen (secondary N) is 2. The Kier molecular flexibility index (Phi) is 17.1. The molecule has 40 heavy (non-hydrogen) atoms. The fraction of sp³-hybridized carbons (Fsp3) is 0.786. The van der Waals surface area contributed by atoms with Crippen molar-refractivity contribution in [3.63, 3.8) is 0 Å². The molecule has 1 aromatic rings. The molecule has 1 aromatic heterocycles. The molecule has 0 radical (unpaired) electrons. The first-order valence-electron chi connectivity index (χ1n) is 14.4. The van der Waals surface area contributed by atoms with E-state index in [9.17, 15) is 29.7 Å². The lowest BCUT2D eigenvalue weighted by molar-refractivity contribution is -0.169. The van der Waals surface area contributed by atoms with Crippen molar-refractivity contribution in [3.05, 3.63) is 16.1 Å². The highest BCUT2D eigenvalue weighted by Gasteiger charge is 2.36. The van der Waals surface area contributed by atoms with Crippen molar-refractivity contribution in [2.75, 3.05) is 20.3 Å². The molecule has 5 N–H and O–H groups in total. The number of aromatic nitrogens is 1. The maximum absolute atomic E-state index is 14.1. The summed E-state index contributed by atoms with van der Waals surface area (Å²) in [4.78, 5) is 43.7. The number of thiazole rings is 1. The number of carboxylic acids is 1. The van der Waals surface area contributed by atoms with Crippen LogP contribution in [0.1, 0.15) is 108 Å². The first-order valence-corrected chi connectivity index (χ1v) is 15.2. The third-order valence-electron chi connectivity index (χ3n) is 7.01. The Bertz CT molecular complexity index is 898. The van der Waals surface area contributed by atoms with Gasteiger partial charge in [0, 0.05) is 24.3 Å². The molecular formula is C28H50N4O7S. The second-order valence-electron chi connectivity index (χ2n) is 10.6. The quantitative estimate of drug-likeness (QED) is 0.107. The molecule has 2 amide bonds. The standard InChI is InChI=1S/C28H50N4O7S/c1-7-12-24(35)39-17-32(21(18(3)4)15-22(33)26-30-20(16-40-26)28(37)38)27(36)25(19(5)8-2)31-23(34)13-10-9-11-14-29-6/h16,18-19,21-22,24-25,29,33,35H,7-15,17H2,1-6H3,(H,31,34)(H,37,38)/t19-,21+,22+,24?,25-/m0/s1.